The Kier molecular flexibility index (Phi) is 9.50. The molecular formula is C8H9Br2MgO2. The average molecular weight is 321 g/mol. The fraction of sp³-hybridized carbons (Fsp3) is 0.250. The SMILES string of the molecule is COc1c[c]cc(OC)c1.[Br][Mg][Br]. The lowest BCUT2D eigenvalue weighted by atomic mass is 10.3. The van der Waals surface area contributed by atoms with E-state index in [1.165, 1.54) is 0 Å². The Morgan fingerprint density at radius 3 is 1.85 bits per heavy atom. The molecule has 13 heavy (non-hydrogen) atoms. The number of rotatable bonds is 2. The molecule has 2 nitrogen and oxygen atoms in total. The van der Waals surface area contributed by atoms with Crippen molar-refractivity contribution in [3.05, 3.63) is 24.3 Å². The summed E-state index contributed by atoms with van der Waals surface area (Å²) >= 11 is 6.44. The van der Waals surface area contributed by atoms with Gasteiger partial charge in [-0.1, -0.05) is 0 Å². The van der Waals surface area contributed by atoms with Crippen molar-refractivity contribution in [2.45, 2.75) is 0 Å². The zero-order chi connectivity index (χ0) is 10.1. The van der Waals surface area contributed by atoms with Gasteiger partial charge in [-0.25, -0.2) is 0 Å². The molecule has 0 fully saturated rings. The van der Waals surface area contributed by atoms with Crippen LogP contribution in [0.1, 0.15) is 0 Å². The quantitative estimate of drug-likeness (QED) is 0.780. The van der Waals surface area contributed by atoms with Gasteiger partial charge in [0.25, 0.3) is 0 Å². The molecule has 5 heteroatoms. The van der Waals surface area contributed by atoms with E-state index in [-0.39, 0.29) is 16.0 Å². The highest BCUT2D eigenvalue weighted by atomic mass is 79.9. The summed E-state index contributed by atoms with van der Waals surface area (Å²) in [4.78, 5) is 0. The van der Waals surface area contributed by atoms with Crippen LogP contribution in [0.5, 0.6) is 11.5 Å². The Morgan fingerprint density at radius 1 is 1.15 bits per heavy atom. The third-order valence-corrected chi connectivity index (χ3v) is 1.21. The van der Waals surface area contributed by atoms with Crippen LogP contribution < -0.4 is 9.47 Å². The minimum atomic E-state index is 0.0417. The molecule has 1 rings (SSSR count). The van der Waals surface area contributed by atoms with Crippen molar-refractivity contribution in [2.75, 3.05) is 14.2 Å². The summed E-state index contributed by atoms with van der Waals surface area (Å²) in [5, 5.41) is 0. The summed E-state index contributed by atoms with van der Waals surface area (Å²) in [5.41, 5.74) is 0. The van der Waals surface area contributed by atoms with Gasteiger partial charge >= 0.3 is 16.0 Å². The molecule has 0 atom stereocenters. The Labute approximate surface area is 100 Å². The molecule has 0 unspecified atom stereocenters. The molecule has 0 heterocycles. The second-order valence-electron chi connectivity index (χ2n) is 1.91. The van der Waals surface area contributed by atoms with E-state index < -0.39 is 0 Å². The average Bonchev–Trinajstić information content (AvgIpc) is 2.19. The molecule has 0 aliphatic carbocycles. The molecule has 0 aliphatic heterocycles. The molecular weight excluding hydrogens is 312 g/mol. The number of halogens is 2. The Bertz CT molecular complexity index is 214. The molecule has 0 bridgehead atoms. The number of hydrogen-bond acceptors (Lipinski definition) is 2. The van der Waals surface area contributed by atoms with E-state index in [0.29, 0.717) is 0 Å². The normalized spacial score (nSPS) is 7.69. The van der Waals surface area contributed by atoms with Crippen molar-refractivity contribution in [1.29, 1.82) is 0 Å². The minimum Gasteiger partial charge on any atom is -0.497 e. The molecule has 0 N–H and O–H groups in total. The van der Waals surface area contributed by atoms with Gasteiger partial charge in [0.15, 0.2) is 0 Å². The third kappa shape index (κ3) is 6.59. The van der Waals surface area contributed by atoms with Gasteiger partial charge < -0.3 is 9.47 Å². The van der Waals surface area contributed by atoms with Crippen molar-refractivity contribution in [1.82, 2.24) is 0 Å². The van der Waals surface area contributed by atoms with Gasteiger partial charge in [-0.15, -0.1) is 0 Å². The number of methoxy groups -OCH3 is 2. The minimum absolute atomic E-state index is 0.0417. The summed E-state index contributed by atoms with van der Waals surface area (Å²) in [6, 6.07) is 8.19. The van der Waals surface area contributed by atoms with E-state index in [2.05, 4.69) is 31.8 Å². The van der Waals surface area contributed by atoms with Crippen LogP contribution in [0.3, 0.4) is 0 Å². The van der Waals surface area contributed by atoms with Gasteiger partial charge in [-0.05, 0) is 18.2 Å². The molecule has 0 saturated carbocycles. The molecule has 0 aliphatic rings. The van der Waals surface area contributed by atoms with Gasteiger partial charge in [-0.3, -0.25) is 25.8 Å². The van der Waals surface area contributed by atoms with Crippen LogP contribution in [-0.4, -0.2) is 30.2 Å². The van der Waals surface area contributed by atoms with Crippen LogP contribution in [-0.2, 0) is 0 Å². The summed E-state index contributed by atoms with van der Waals surface area (Å²) in [6.07, 6.45) is 0. The predicted molar refractivity (Wildman–Crippen MR) is 62.0 cm³/mol. The zero-order valence-electron chi connectivity index (χ0n) is 7.51. The molecule has 0 aromatic heterocycles. The molecule has 0 spiro atoms. The first-order valence-electron chi connectivity index (χ1n) is 3.49. The fourth-order valence-corrected chi connectivity index (χ4v) is 0.665. The van der Waals surface area contributed by atoms with Crippen LogP contribution in [0.4, 0.5) is 0 Å². The highest BCUT2D eigenvalue weighted by Crippen LogP contribution is 2.17. The lowest BCUT2D eigenvalue weighted by Gasteiger charge is -2.01. The van der Waals surface area contributed by atoms with Crippen molar-refractivity contribution in [2.24, 2.45) is 0 Å². The Morgan fingerprint density at radius 2 is 1.54 bits per heavy atom. The second kappa shape index (κ2) is 9.12. The summed E-state index contributed by atoms with van der Waals surface area (Å²) in [5.74, 6) is 1.53. The predicted octanol–water partition coefficient (Wildman–Crippen LogP) is 2.81. The Balaban J connectivity index is 0.000000424. The van der Waals surface area contributed by atoms with Crippen LogP contribution in [0.15, 0.2) is 18.2 Å². The lowest BCUT2D eigenvalue weighted by molar-refractivity contribution is 0.394. The summed E-state index contributed by atoms with van der Waals surface area (Å²) in [7, 11) is 3.23. The smallest absolute Gasteiger partial charge is 0.497 e. The van der Waals surface area contributed by atoms with E-state index in [1.54, 1.807) is 32.4 Å². The van der Waals surface area contributed by atoms with E-state index >= 15 is 0 Å². The third-order valence-electron chi connectivity index (χ3n) is 1.21. The maximum absolute atomic E-state index is 4.95. The zero-order valence-corrected chi connectivity index (χ0v) is 12.1. The van der Waals surface area contributed by atoms with E-state index in [0.717, 1.165) is 11.5 Å². The highest BCUT2D eigenvalue weighted by Gasteiger charge is 1.92. The van der Waals surface area contributed by atoms with Crippen molar-refractivity contribution in [3.63, 3.8) is 0 Å². The van der Waals surface area contributed by atoms with Crippen LogP contribution >= 0.6 is 25.8 Å². The summed E-state index contributed by atoms with van der Waals surface area (Å²) < 4.78 is 9.89. The highest BCUT2D eigenvalue weighted by molar-refractivity contribution is 9.47. The number of ether oxygens (including phenoxy) is 2. The molecule has 69 valence electrons. The number of benzene rings is 1. The van der Waals surface area contributed by atoms with Gasteiger partial charge in [0, 0.05) is 6.07 Å². The first-order valence-corrected chi connectivity index (χ1v) is 11.3. The maximum Gasteiger partial charge on any atom is 0.560 e. The van der Waals surface area contributed by atoms with E-state index in [1.807, 2.05) is 0 Å². The van der Waals surface area contributed by atoms with Gasteiger partial charge in [-0.2, -0.15) is 0 Å². The van der Waals surface area contributed by atoms with E-state index in [9.17, 15) is 0 Å². The standard InChI is InChI=1S/C8H9O2.2BrH.Mg/c1-9-7-4-3-5-8(6-7)10-2;;;/h4-6H,1-2H3;2*1H;/q;;;+2/p-2. The lowest BCUT2D eigenvalue weighted by Crippen LogP contribution is -1.85. The molecule has 1 radical (unpaired) electrons. The van der Waals surface area contributed by atoms with Crippen LogP contribution in [0.2, 0.25) is 0 Å². The van der Waals surface area contributed by atoms with Gasteiger partial charge in [0.2, 0.25) is 0 Å². The van der Waals surface area contributed by atoms with Crippen molar-refractivity contribution < 1.29 is 9.47 Å². The van der Waals surface area contributed by atoms with Gasteiger partial charge in [0.05, 0.1) is 14.2 Å². The Hall–Kier alpha value is 0.546. The second-order valence-corrected chi connectivity index (χ2v) is 9.99. The first kappa shape index (κ1) is 13.5. The topological polar surface area (TPSA) is 18.5 Å². The van der Waals surface area contributed by atoms with Crippen molar-refractivity contribution >= 4 is 41.8 Å². The monoisotopic (exact) mass is 319 g/mol. The van der Waals surface area contributed by atoms with Crippen LogP contribution in [0, 0.1) is 6.07 Å². The first-order chi connectivity index (χ1) is 6.28. The number of hydrogen-bond donors (Lipinski definition) is 0. The van der Waals surface area contributed by atoms with Crippen molar-refractivity contribution in [3.8, 4) is 11.5 Å². The molecule has 0 saturated heterocycles. The largest absolute Gasteiger partial charge is 0.560 e. The maximum atomic E-state index is 4.95. The van der Waals surface area contributed by atoms with Crippen LogP contribution in [0.25, 0.3) is 0 Å². The molecule has 0 amide bonds. The van der Waals surface area contributed by atoms with E-state index in [4.69, 9.17) is 9.47 Å². The fourth-order valence-electron chi connectivity index (χ4n) is 0.665. The molecule has 1 aromatic rings. The molecule has 1 aromatic carbocycles. The van der Waals surface area contributed by atoms with Gasteiger partial charge in [0.1, 0.15) is 11.5 Å². The summed E-state index contributed by atoms with van der Waals surface area (Å²) in [6.45, 7) is 0.